The number of rotatable bonds is 6. The van der Waals surface area contributed by atoms with Crippen LogP contribution in [0.5, 0.6) is 0 Å². The number of Topliss-reactive ketones (excluding diaryl/α,β-unsaturated/α-hetero) is 1. The molecule has 7 rings (SSSR count). The van der Waals surface area contributed by atoms with Crippen molar-refractivity contribution < 1.29 is 53.4 Å². The van der Waals surface area contributed by atoms with Crippen LogP contribution >= 0.6 is 0 Å². The second-order valence-electron chi connectivity index (χ2n) is 19.0. The lowest BCUT2D eigenvalue weighted by atomic mass is 9.41. The normalized spacial score (nSPS) is 51.2. The van der Waals surface area contributed by atoms with Crippen molar-refractivity contribution in [2.75, 3.05) is 6.61 Å². The van der Waals surface area contributed by atoms with Crippen LogP contribution in [-0.2, 0) is 38.1 Å². The molecule has 7 fully saturated rings. The number of ether oxygens (including phenoxy) is 5. The van der Waals surface area contributed by atoms with Crippen molar-refractivity contribution in [3.63, 3.8) is 0 Å². The Morgan fingerprint density at radius 2 is 1.62 bits per heavy atom. The Bertz CT molecular complexity index is 1410. The highest BCUT2D eigenvalue weighted by molar-refractivity contribution is 5.93. The van der Waals surface area contributed by atoms with Gasteiger partial charge in [0.1, 0.15) is 18.3 Å². The van der Waals surface area contributed by atoms with Crippen molar-refractivity contribution >= 4 is 17.7 Å². The molecule has 282 valence electrons. The van der Waals surface area contributed by atoms with Crippen LogP contribution in [0.2, 0.25) is 0 Å². The van der Waals surface area contributed by atoms with E-state index in [9.17, 15) is 24.9 Å². The van der Waals surface area contributed by atoms with E-state index in [2.05, 4.69) is 34.6 Å². The molecule has 2 aliphatic heterocycles. The van der Waals surface area contributed by atoms with E-state index in [1.54, 1.807) is 13.8 Å². The molecule has 11 heteroatoms. The lowest BCUT2D eigenvalue weighted by molar-refractivity contribution is -0.305. The van der Waals surface area contributed by atoms with Gasteiger partial charge in [-0.1, -0.05) is 34.6 Å². The van der Waals surface area contributed by atoms with E-state index in [1.807, 2.05) is 0 Å². The molecule has 0 aromatic rings. The summed E-state index contributed by atoms with van der Waals surface area (Å²) in [6.07, 6.45) is 0.620. The van der Waals surface area contributed by atoms with E-state index in [0.717, 1.165) is 44.9 Å². The van der Waals surface area contributed by atoms with E-state index in [-0.39, 0.29) is 57.9 Å². The van der Waals surface area contributed by atoms with Crippen LogP contribution in [-0.4, -0.2) is 94.3 Å². The zero-order valence-corrected chi connectivity index (χ0v) is 31.4. The first-order valence-corrected chi connectivity index (χ1v) is 19.1. The van der Waals surface area contributed by atoms with E-state index < -0.39 is 65.9 Å². The lowest BCUT2D eigenvalue weighted by Gasteiger charge is -2.62. The Morgan fingerprint density at radius 3 is 2.26 bits per heavy atom. The van der Waals surface area contributed by atoms with Gasteiger partial charge in [-0.25, -0.2) is 0 Å². The molecule has 3 N–H and O–H groups in total. The third-order valence-electron chi connectivity index (χ3n) is 15.9. The average molecular weight is 705 g/mol. The maximum absolute atomic E-state index is 15.0. The number of carbonyl (C=O) groups is 3. The molecule has 0 radical (unpaired) electrons. The number of hydrogen-bond donors (Lipinski definition) is 3. The molecule has 2 spiro atoms. The Balaban J connectivity index is 1.14. The van der Waals surface area contributed by atoms with Gasteiger partial charge in [0, 0.05) is 25.2 Å². The lowest BCUT2D eigenvalue weighted by Crippen LogP contribution is -2.61. The summed E-state index contributed by atoms with van der Waals surface area (Å²) in [5.41, 5.74) is -2.20. The number of fused-ring (bicyclic) bond motifs is 4. The molecule has 0 unspecified atom stereocenters. The van der Waals surface area contributed by atoms with E-state index in [1.165, 1.54) is 13.8 Å². The maximum Gasteiger partial charge on any atom is 0.303 e. The molecular formula is C39H60O11. The Labute approximate surface area is 296 Å². The largest absolute Gasteiger partial charge is 0.457 e. The smallest absolute Gasteiger partial charge is 0.303 e. The predicted octanol–water partition coefficient (Wildman–Crippen LogP) is 4.11. The first-order valence-electron chi connectivity index (χ1n) is 19.1. The summed E-state index contributed by atoms with van der Waals surface area (Å²) in [5, 5.41) is 31.9. The number of aliphatic hydroxyl groups is 3. The minimum atomic E-state index is -1.32. The summed E-state index contributed by atoms with van der Waals surface area (Å²) in [5.74, 6) is -0.0701. The summed E-state index contributed by atoms with van der Waals surface area (Å²) in [4.78, 5) is 39.0. The minimum absolute atomic E-state index is 0.0518. The monoisotopic (exact) mass is 704 g/mol. The van der Waals surface area contributed by atoms with Gasteiger partial charge in [0.25, 0.3) is 0 Å². The Hall–Kier alpha value is -1.63. The van der Waals surface area contributed by atoms with Crippen molar-refractivity contribution in [2.45, 2.75) is 168 Å². The second-order valence-corrected chi connectivity index (χ2v) is 19.0. The predicted molar refractivity (Wildman–Crippen MR) is 179 cm³/mol. The summed E-state index contributed by atoms with van der Waals surface area (Å²) >= 11 is 0. The van der Waals surface area contributed by atoms with Crippen molar-refractivity contribution in [3.8, 4) is 0 Å². The summed E-state index contributed by atoms with van der Waals surface area (Å²) in [7, 11) is 0. The number of aliphatic hydroxyl groups excluding tert-OH is 2. The molecule has 11 nitrogen and oxygen atoms in total. The Morgan fingerprint density at radius 1 is 0.960 bits per heavy atom. The zero-order chi connectivity index (χ0) is 36.6. The van der Waals surface area contributed by atoms with Crippen LogP contribution in [0, 0.1) is 50.7 Å². The van der Waals surface area contributed by atoms with Crippen LogP contribution < -0.4 is 0 Å². The van der Waals surface area contributed by atoms with Crippen molar-refractivity contribution in [1.82, 2.24) is 0 Å². The van der Waals surface area contributed by atoms with Crippen LogP contribution in [0.25, 0.3) is 0 Å². The molecule has 0 bridgehead atoms. The average Bonchev–Trinajstić information content (AvgIpc) is 3.64. The van der Waals surface area contributed by atoms with Gasteiger partial charge < -0.3 is 39.0 Å². The van der Waals surface area contributed by atoms with E-state index in [0.29, 0.717) is 12.3 Å². The van der Waals surface area contributed by atoms with Gasteiger partial charge in [0.05, 0.1) is 24.4 Å². The van der Waals surface area contributed by atoms with Crippen LogP contribution in [0.4, 0.5) is 0 Å². The van der Waals surface area contributed by atoms with E-state index >= 15 is 4.79 Å². The van der Waals surface area contributed by atoms with Gasteiger partial charge in [-0.2, -0.15) is 0 Å². The van der Waals surface area contributed by atoms with E-state index in [4.69, 9.17) is 23.7 Å². The zero-order valence-electron chi connectivity index (χ0n) is 31.4. The van der Waals surface area contributed by atoms with Crippen LogP contribution in [0.1, 0.15) is 114 Å². The molecule has 0 aromatic carbocycles. The molecule has 2 heterocycles. The van der Waals surface area contributed by atoms with Crippen LogP contribution in [0.15, 0.2) is 0 Å². The number of carbonyl (C=O) groups excluding carboxylic acids is 3. The SMILES string of the molecule is CC(=O)O[C@H]1[C@H](O[C@H]2CC[C@]34C[C@]35CC[C@]3(C)[C@H]6[C@H](C)C[C@H]([C@H](OC(C)=O)C(C)(C)O)O[C@H]6C(=O)[C@@]3(C)[C@@H]5CC[C@H]4C2(C)C)OC[C@@H](O)[C@@H]1O. The molecule has 2 saturated heterocycles. The van der Waals surface area contributed by atoms with Gasteiger partial charge in [-0.15, -0.1) is 0 Å². The van der Waals surface area contributed by atoms with Gasteiger partial charge in [0.2, 0.25) is 0 Å². The highest BCUT2D eigenvalue weighted by atomic mass is 16.7. The standard InChI is InChI=1S/C39H60O11/c1-19-16-23(32(35(6,7)45)48-21(3)41)49-29-27(19)36(8)14-15-39-18-38(39)13-12-26(50-33-30(47-20(2)40)28(43)22(42)17-46-33)34(4,5)24(38)10-11-25(39)37(36,9)31(29)44/h19,22-30,32-33,42-43,45H,10-18H2,1-9H3/t19-,22-,23-,24+,25+,26+,27+,28+,29-,30-,32+,33+,36-,37-,38-,39+/m1/s1. The summed E-state index contributed by atoms with van der Waals surface area (Å²) in [6.45, 7) is 17.1. The summed E-state index contributed by atoms with van der Waals surface area (Å²) in [6, 6.07) is 0. The number of esters is 2. The quantitative estimate of drug-likeness (QED) is 0.270. The molecule has 5 aliphatic carbocycles. The van der Waals surface area contributed by atoms with Gasteiger partial charge >= 0.3 is 11.9 Å². The fraction of sp³-hybridized carbons (Fsp3) is 0.923. The third-order valence-corrected chi connectivity index (χ3v) is 15.9. The highest BCUT2D eigenvalue weighted by Crippen LogP contribution is 2.89. The van der Waals surface area contributed by atoms with Gasteiger partial charge in [-0.05, 0) is 105 Å². The van der Waals surface area contributed by atoms with Gasteiger partial charge in [0.15, 0.2) is 24.3 Å². The first-order chi connectivity index (χ1) is 23.2. The fourth-order valence-corrected chi connectivity index (χ4v) is 13.7. The van der Waals surface area contributed by atoms with Crippen molar-refractivity contribution in [3.05, 3.63) is 0 Å². The second kappa shape index (κ2) is 11.7. The molecular weight excluding hydrogens is 644 g/mol. The third kappa shape index (κ3) is 4.91. The van der Waals surface area contributed by atoms with Crippen LogP contribution in [0.3, 0.4) is 0 Å². The molecule has 5 saturated carbocycles. The summed E-state index contributed by atoms with van der Waals surface area (Å²) < 4.78 is 30.2. The fourth-order valence-electron chi connectivity index (χ4n) is 13.7. The van der Waals surface area contributed by atoms with Gasteiger partial charge in [-0.3, -0.25) is 14.4 Å². The van der Waals surface area contributed by atoms with Crippen molar-refractivity contribution in [2.24, 2.45) is 50.7 Å². The number of ketones is 1. The molecule has 7 aliphatic rings. The van der Waals surface area contributed by atoms with Crippen molar-refractivity contribution in [1.29, 1.82) is 0 Å². The number of hydrogen-bond acceptors (Lipinski definition) is 11. The minimum Gasteiger partial charge on any atom is -0.457 e. The first kappa shape index (κ1) is 36.7. The molecule has 0 amide bonds. The highest BCUT2D eigenvalue weighted by Gasteiger charge is 2.85. The Kier molecular flexibility index (Phi) is 8.58. The maximum atomic E-state index is 15.0. The molecule has 16 atom stereocenters. The molecule has 50 heavy (non-hydrogen) atoms. The topological polar surface area (TPSA) is 158 Å². The molecule has 0 aromatic heterocycles.